The molecule has 1 fully saturated rings. The van der Waals surface area contributed by atoms with Crippen molar-refractivity contribution in [2.75, 3.05) is 5.75 Å². The van der Waals surface area contributed by atoms with Gasteiger partial charge in [-0.05, 0) is 18.6 Å². The molecule has 1 aromatic heterocycles. The minimum absolute atomic E-state index is 0.360. The van der Waals surface area contributed by atoms with E-state index in [0.29, 0.717) is 11.1 Å². The van der Waals surface area contributed by atoms with Crippen LogP contribution in [0.1, 0.15) is 25.6 Å². The molecular weight excluding hydrogens is 186 g/mol. The molecule has 0 amide bonds. The van der Waals surface area contributed by atoms with Crippen molar-refractivity contribution in [3.05, 3.63) is 5.82 Å². The molecule has 2 unspecified atom stereocenters. The number of nitrogens with zero attached hydrogens (tertiary/aromatic N) is 3. The van der Waals surface area contributed by atoms with Gasteiger partial charge >= 0.3 is 0 Å². The van der Waals surface area contributed by atoms with Gasteiger partial charge in [-0.15, -0.1) is 10.2 Å². The molecule has 0 radical (unpaired) electrons. The lowest BCUT2D eigenvalue weighted by Gasteiger charge is -2.35. The van der Waals surface area contributed by atoms with E-state index in [1.165, 1.54) is 5.75 Å². The van der Waals surface area contributed by atoms with Gasteiger partial charge in [0.25, 0.3) is 0 Å². The first-order chi connectivity index (χ1) is 6.23. The summed E-state index contributed by atoms with van der Waals surface area (Å²) in [5.41, 5.74) is 5.87. The van der Waals surface area contributed by atoms with E-state index < -0.39 is 5.54 Å². The summed E-state index contributed by atoms with van der Waals surface area (Å²) >= 11 is 1.88. The van der Waals surface area contributed by atoms with Crippen LogP contribution in [0.15, 0.2) is 0 Å². The summed E-state index contributed by atoms with van der Waals surface area (Å²) in [5.74, 6) is 1.82. The zero-order chi connectivity index (χ0) is 9.31. The lowest BCUT2D eigenvalue weighted by Crippen LogP contribution is -2.48. The fourth-order valence-electron chi connectivity index (χ4n) is 1.63. The van der Waals surface area contributed by atoms with Gasteiger partial charge in [-0.3, -0.25) is 0 Å². The van der Waals surface area contributed by atoms with Crippen LogP contribution in [0.3, 0.4) is 0 Å². The number of nitrogens with one attached hydrogen (secondary N) is 1. The third-order valence-electron chi connectivity index (χ3n) is 2.59. The SMILES string of the molecule is CC1SCCCC1(N)c1nn[nH]n1. The maximum Gasteiger partial charge on any atom is 0.195 e. The Balaban J connectivity index is 2.27. The van der Waals surface area contributed by atoms with Crippen molar-refractivity contribution in [3.63, 3.8) is 0 Å². The molecule has 2 heterocycles. The van der Waals surface area contributed by atoms with E-state index in [0.717, 1.165) is 12.8 Å². The van der Waals surface area contributed by atoms with E-state index in [1.54, 1.807) is 0 Å². The molecule has 72 valence electrons. The van der Waals surface area contributed by atoms with Crippen LogP contribution in [0.4, 0.5) is 0 Å². The van der Waals surface area contributed by atoms with Crippen molar-refractivity contribution in [2.24, 2.45) is 5.73 Å². The van der Waals surface area contributed by atoms with Gasteiger partial charge < -0.3 is 5.73 Å². The molecule has 2 atom stereocenters. The van der Waals surface area contributed by atoms with Crippen LogP contribution in [0.25, 0.3) is 0 Å². The predicted octanol–water partition coefficient (Wildman–Crippen LogP) is 0.269. The number of hydrogen-bond acceptors (Lipinski definition) is 5. The molecule has 1 aliphatic heterocycles. The molecular formula is C7H13N5S. The van der Waals surface area contributed by atoms with Gasteiger partial charge in [0.15, 0.2) is 5.82 Å². The van der Waals surface area contributed by atoms with E-state index in [1.807, 2.05) is 11.8 Å². The lowest BCUT2D eigenvalue weighted by molar-refractivity contribution is 0.368. The molecule has 0 saturated carbocycles. The Kier molecular flexibility index (Phi) is 2.25. The molecule has 1 aliphatic rings. The summed E-state index contributed by atoms with van der Waals surface area (Å²) in [4.78, 5) is 0. The maximum atomic E-state index is 6.26. The molecule has 6 heteroatoms. The summed E-state index contributed by atoms with van der Waals surface area (Å²) < 4.78 is 0. The number of H-pyrrole nitrogens is 1. The normalized spacial score (nSPS) is 34.8. The average Bonchev–Trinajstić information content (AvgIpc) is 2.63. The van der Waals surface area contributed by atoms with Gasteiger partial charge in [-0.2, -0.15) is 17.0 Å². The van der Waals surface area contributed by atoms with Gasteiger partial charge in [0.1, 0.15) is 0 Å². The molecule has 13 heavy (non-hydrogen) atoms. The predicted molar refractivity (Wildman–Crippen MR) is 51.2 cm³/mol. The topological polar surface area (TPSA) is 80.5 Å². The van der Waals surface area contributed by atoms with Crippen LogP contribution >= 0.6 is 11.8 Å². The van der Waals surface area contributed by atoms with Crippen molar-refractivity contribution >= 4 is 11.8 Å². The van der Waals surface area contributed by atoms with Crippen LogP contribution in [-0.2, 0) is 5.54 Å². The van der Waals surface area contributed by atoms with Crippen molar-refractivity contribution < 1.29 is 0 Å². The van der Waals surface area contributed by atoms with Crippen molar-refractivity contribution in [3.8, 4) is 0 Å². The molecule has 3 N–H and O–H groups in total. The van der Waals surface area contributed by atoms with Crippen LogP contribution in [0, 0.1) is 0 Å². The third-order valence-corrected chi connectivity index (χ3v) is 4.03. The molecule has 2 rings (SSSR count). The Hall–Kier alpha value is -0.620. The molecule has 0 spiro atoms. The first kappa shape index (κ1) is 8.96. The molecule has 5 nitrogen and oxygen atoms in total. The summed E-state index contributed by atoms with van der Waals surface area (Å²) in [6, 6.07) is 0. The number of aromatic amines is 1. The highest BCUT2D eigenvalue weighted by atomic mass is 32.2. The first-order valence-corrected chi connectivity index (χ1v) is 5.43. The fourth-order valence-corrected chi connectivity index (χ4v) is 2.81. The van der Waals surface area contributed by atoms with Crippen LogP contribution in [0.2, 0.25) is 0 Å². The Morgan fingerprint density at radius 1 is 1.69 bits per heavy atom. The number of nitrogens with two attached hydrogens (primary N) is 1. The summed E-state index contributed by atoms with van der Waals surface area (Å²) in [5, 5.41) is 14.3. The van der Waals surface area contributed by atoms with Gasteiger partial charge in [0, 0.05) is 5.25 Å². The Morgan fingerprint density at radius 2 is 2.54 bits per heavy atom. The standard InChI is InChI=1S/C7H13N5S/c1-5-7(8,3-2-4-13-5)6-9-11-12-10-6/h5H,2-4,8H2,1H3,(H,9,10,11,12). The second-order valence-electron chi connectivity index (χ2n) is 3.39. The highest BCUT2D eigenvalue weighted by molar-refractivity contribution is 8.00. The minimum Gasteiger partial charge on any atom is -0.318 e. The largest absolute Gasteiger partial charge is 0.318 e. The van der Waals surface area contributed by atoms with E-state index in [4.69, 9.17) is 5.73 Å². The van der Waals surface area contributed by atoms with Gasteiger partial charge in [0.2, 0.25) is 0 Å². The quantitative estimate of drug-likeness (QED) is 0.678. The summed E-state index contributed by atoms with van der Waals surface area (Å²) in [6.45, 7) is 2.13. The van der Waals surface area contributed by atoms with Crippen molar-refractivity contribution in [1.82, 2.24) is 20.6 Å². The average molecular weight is 199 g/mol. The van der Waals surface area contributed by atoms with Gasteiger partial charge in [-0.1, -0.05) is 12.1 Å². The molecule has 0 aliphatic carbocycles. The molecule has 0 aromatic carbocycles. The number of hydrogen-bond donors (Lipinski definition) is 2. The summed E-state index contributed by atoms with van der Waals surface area (Å²) in [7, 11) is 0. The molecule has 0 bridgehead atoms. The van der Waals surface area contributed by atoms with Crippen LogP contribution in [0.5, 0.6) is 0 Å². The number of aromatic nitrogens is 4. The second kappa shape index (κ2) is 3.26. The number of rotatable bonds is 1. The number of tetrazole rings is 1. The molecule has 1 aromatic rings. The van der Waals surface area contributed by atoms with Crippen LogP contribution in [-0.4, -0.2) is 31.6 Å². The zero-order valence-corrected chi connectivity index (χ0v) is 8.34. The Bertz CT molecular complexity index is 274. The van der Waals surface area contributed by atoms with E-state index in [2.05, 4.69) is 27.5 Å². The Labute approximate surface area is 80.9 Å². The van der Waals surface area contributed by atoms with E-state index in [-0.39, 0.29) is 0 Å². The Morgan fingerprint density at radius 3 is 3.15 bits per heavy atom. The monoisotopic (exact) mass is 199 g/mol. The zero-order valence-electron chi connectivity index (χ0n) is 7.53. The fraction of sp³-hybridized carbons (Fsp3) is 0.857. The minimum atomic E-state index is -0.393. The second-order valence-corrected chi connectivity index (χ2v) is 4.84. The highest BCUT2D eigenvalue weighted by Gasteiger charge is 2.40. The molecule has 1 saturated heterocycles. The first-order valence-electron chi connectivity index (χ1n) is 4.38. The van der Waals surface area contributed by atoms with Crippen molar-refractivity contribution in [1.29, 1.82) is 0 Å². The van der Waals surface area contributed by atoms with Gasteiger partial charge in [-0.25, -0.2) is 0 Å². The maximum absolute atomic E-state index is 6.26. The van der Waals surface area contributed by atoms with E-state index in [9.17, 15) is 0 Å². The van der Waals surface area contributed by atoms with Gasteiger partial charge in [0.05, 0.1) is 5.54 Å². The highest BCUT2D eigenvalue weighted by Crippen LogP contribution is 2.37. The third kappa shape index (κ3) is 1.44. The number of thioether (sulfide) groups is 1. The lowest BCUT2D eigenvalue weighted by atomic mass is 9.90. The smallest absolute Gasteiger partial charge is 0.195 e. The van der Waals surface area contributed by atoms with Crippen LogP contribution < -0.4 is 5.73 Å². The van der Waals surface area contributed by atoms with Crippen molar-refractivity contribution in [2.45, 2.75) is 30.6 Å². The summed E-state index contributed by atoms with van der Waals surface area (Å²) in [6.07, 6.45) is 2.07. The van der Waals surface area contributed by atoms with E-state index >= 15 is 0 Å².